The van der Waals surface area contributed by atoms with Crippen molar-refractivity contribution in [2.45, 2.75) is 107 Å². The second-order valence-electron chi connectivity index (χ2n) is 14.8. The maximum atomic E-state index is 14.1. The fraction of sp³-hybridized carbons (Fsp3) is 0.575. The highest BCUT2D eigenvalue weighted by Gasteiger charge is 2.41. The van der Waals surface area contributed by atoms with Crippen molar-refractivity contribution < 1.29 is 29.1 Å². The van der Waals surface area contributed by atoms with E-state index in [1.807, 2.05) is 60.7 Å². The van der Waals surface area contributed by atoms with Gasteiger partial charge in [-0.25, -0.2) is 0 Å². The molecule has 13 heteroatoms. The maximum absolute atomic E-state index is 14.1. The van der Waals surface area contributed by atoms with Crippen LogP contribution < -0.4 is 32.7 Å². The van der Waals surface area contributed by atoms with Crippen LogP contribution in [0.1, 0.15) is 88.2 Å². The number of nitrogens with zero attached hydrogens (tertiary/aromatic N) is 1. The molecule has 4 atom stereocenters. The molecule has 1 aliphatic heterocycles. The van der Waals surface area contributed by atoms with Gasteiger partial charge < -0.3 is 42.7 Å². The highest BCUT2D eigenvalue weighted by atomic mass is 16.4. The number of rotatable bonds is 20. The molecular weight excluding hydrogens is 674 g/mol. The van der Waals surface area contributed by atoms with Crippen LogP contribution in [0.3, 0.4) is 0 Å². The minimum Gasteiger partial charge on any atom is -0.480 e. The summed E-state index contributed by atoms with van der Waals surface area (Å²) in [6.45, 7) is 3.45. The Balaban J connectivity index is 1.45. The Morgan fingerprint density at radius 3 is 2.11 bits per heavy atom. The second-order valence-corrected chi connectivity index (χ2v) is 14.8. The van der Waals surface area contributed by atoms with Gasteiger partial charge in [0.25, 0.3) is 0 Å². The molecule has 13 nitrogen and oxygen atoms in total. The molecule has 2 aliphatic rings. The van der Waals surface area contributed by atoms with E-state index in [0.29, 0.717) is 45.2 Å². The summed E-state index contributed by atoms with van der Waals surface area (Å²) in [5, 5.41) is 21.6. The number of benzene rings is 2. The van der Waals surface area contributed by atoms with Crippen molar-refractivity contribution in [2.24, 2.45) is 17.4 Å². The number of aliphatic carboxylic acids is 1. The van der Waals surface area contributed by atoms with E-state index in [1.54, 1.807) is 4.90 Å². The Kier molecular flexibility index (Phi) is 16.2. The van der Waals surface area contributed by atoms with Crippen LogP contribution in [0.15, 0.2) is 60.7 Å². The van der Waals surface area contributed by atoms with Gasteiger partial charge >= 0.3 is 5.97 Å². The molecule has 0 spiro atoms. The van der Waals surface area contributed by atoms with E-state index in [2.05, 4.69) is 28.2 Å². The predicted molar refractivity (Wildman–Crippen MR) is 204 cm³/mol. The van der Waals surface area contributed by atoms with Crippen LogP contribution in [-0.2, 0) is 30.4 Å². The van der Waals surface area contributed by atoms with E-state index in [0.717, 1.165) is 36.8 Å². The molecule has 1 saturated heterocycles. The summed E-state index contributed by atoms with van der Waals surface area (Å²) in [7, 11) is 0. The van der Waals surface area contributed by atoms with Gasteiger partial charge in [0, 0.05) is 19.6 Å². The standard InChI is InChI=1S/C40H59N7O6/c1-28(30-14-6-3-7-15-30)26-43-27-34(48)44-32(20-19-29-12-4-2-5-13-29)36(49)46-35(31-16-8-9-17-31)37(50)45-33(18-10-11-23-41)38(51)47-24-21-40(42,22-25-47)39(52)53/h2-7,12-15,28,31-33,35,43H,8-11,16-27,41-42H2,1H3,(H,44,48)(H,45,50)(H,46,49)(H,52,53)/t28-,32+,33+,35+/m0/s1. The molecule has 0 unspecified atom stereocenters. The Morgan fingerprint density at radius 1 is 0.849 bits per heavy atom. The summed E-state index contributed by atoms with van der Waals surface area (Å²) in [6, 6.07) is 17.1. The first-order valence-electron chi connectivity index (χ1n) is 19.2. The Bertz CT molecular complexity index is 1480. The molecule has 290 valence electrons. The molecule has 0 radical (unpaired) electrons. The van der Waals surface area contributed by atoms with Crippen LogP contribution in [0.2, 0.25) is 0 Å². The molecule has 1 saturated carbocycles. The zero-order chi connectivity index (χ0) is 38.2. The predicted octanol–water partition coefficient (Wildman–Crippen LogP) is 2.19. The van der Waals surface area contributed by atoms with Crippen molar-refractivity contribution in [3.05, 3.63) is 71.8 Å². The highest BCUT2D eigenvalue weighted by molar-refractivity contribution is 5.94. The smallest absolute Gasteiger partial charge is 0.323 e. The van der Waals surface area contributed by atoms with Crippen LogP contribution >= 0.6 is 0 Å². The van der Waals surface area contributed by atoms with E-state index in [9.17, 15) is 29.1 Å². The van der Waals surface area contributed by atoms with E-state index in [4.69, 9.17) is 11.5 Å². The normalized spacial score (nSPS) is 18.0. The Hall–Kier alpha value is -4.33. The fourth-order valence-electron chi connectivity index (χ4n) is 7.29. The number of nitrogens with one attached hydrogen (secondary N) is 4. The summed E-state index contributed by atoms with van der Waals surface area (Å²) in [4.78, 5) is 68.4. The van der Waals surface area contributed by atoms with E-state index in [1.165, 1.54) is 0 Å². The molecule has 4 amide bonds. The number of hydrogen-bond acceptors (Lipinski definition) is 8. The SMILES string of the molecule is C[C@@H](CNCC(=O)N[C@H](CCc1ccccc1)C(=O)N[C@@H](C(=O)N[C@H](CCCCN)C(=O)N1CCC(N)(C(=O)O)CC1)C1CCCC1)c1ccccc1. The lowest BCUT2D eigenvalue weighted by atomic mass is 9.88. The number of unbranched alkanes of at least 4 members (excludes halogenated alkanes) is 1. The maximum Gasteiger partial charge on any atom is 0.323 e. The van der Waals surface area contributed by atoms with Crippen molar-refractivity contribution in [2.75, 3.05) is 32.7 Å². The van der Waals surface area contributed by atoms with Crippen molar-refractivity contribution >= 4 is 29.6 Å². The lowest BCUT2D eigenvalue weighted by Crippen LogP contribution is -2.61. The quantitative estimate of drug-likeness (QED) is 0.0994. The molecule has 0 bridgehead atoms. The number of aryl methyl sites for hydroxylation is 1. The third kappa shape index (κ3) is 12.6. The first kappa shape index (κ1) is 41.4. The first-order valence-corrected chi connectivity index (χ1v) is 19.2. The van der Waals surface area contributed by atoms with Crippen molar-refractivity contribution in [1.29, 1.82) is 0 Å². The number of hydrogen-bond donors (Lipinski definition) is 7. The van der Waals surface area contributed by atoms with Gasteiger partial charge in [0.05, 0.1) is 6.54 Å². The van der Waals surface area contributed by atoms with Crippen LogP contribution in [0.5, 0.6) is 0 Å². The zero-order valence-corrected chi connectivity index (χ0v) is 31.1. The molecule has 2 fully saturated rings. The molecule has 1 aliphatic carbocycles. The third-order valence-corrected chi connectivity index (χ3v) is 10.7. The summed E-state index contributed by atoms with van der Waals surface area (Å²) < 4.78 is 0. The van der Waals surface area contributed by atoms with Gasteiger partial charge in [0.1, 0.15) is 23.7 Å². The number of likely N-dealkylation sites (tertiary alicyclic amines) is 1. The van der Waals surface area contributed by atoms with Crippen LogP contribution in [0, 0.1) is 5.92 Å². The van der Waals surface area contributed by atoms with Crippen molar-refractivity contribution in [3.63, 3.8) is 0 Å². The monoisotopic (exact) mass is 733 g/mol. The van der Waals surface area contributed by atoms with E-state index < -0.39 is 41.4 Å². The number of carbonyl (C=O) groups excluding carboxylic acids is 4. The van der Waals surface area contributed by atoms with Gasteiger partial charge in [-0.1, -0.05) is 80.4 Å². The van der Waals surface area contributed by atoms with Gasteiger partial charge in [0.2, 0.25) is 23.6 Å². The van der Waals surface area contributed by atoms with Gasteiger partial charge in [-0.05, 0) is 87.3 Å². The highest BCUT2D eigenvalue weighted by Crippen LogP contribution is 2.28. The third-order valence-electron chi connectivity index (χ3n) is 10.7. The van der Waals surface area contributed by atoms with Gasteiger partial charge in [-0.2, -0.15) is 0 Å². The molecule has 0 aromatic heterocycles. The number of carboxylic acids is 1. The van der Waals surface area contributed by atoms with Crippen LogP contribution in [0.4, 0.5) is 0 Å². The molecular formula is C40H59N7O6. The summed E-state index contributed by atoms with van der Waals surface area (Å²) in [6.07, 6.45) is 6.02. The average Bonchev–Trinajstić information content (AvgIpc) is 3.70. The largest absolute Gasteiger partial charge is 0.480 e. The molecule has 53 heavy (non-hydrogen) atoms. The number of amides is 4. The van der Waals surface area contributed by atoms with Crippen LogP contribution in [-0.4, -0.2) is 96.0 Å². The molecule has 2 aromatic rings. The molecule has 2 aromatic carbocycles. The second kappa shape index (κ2) is 20.8. The van der Waals surface area contributed by atoms with Gasteiger partial charge in [-0.15, -0.1) is 0 Å². The number of piperidine rings is 1. The molecule has 4 rings (SSSR count). The van der Waals surface area contributed by atoms with Crippen LogP contribution in [0.25, 0.3) is 0 Å². The summed E-state index contributed by atoms with van der Waals surface area (Å²) in [5.74, 6) is -2.57. The molecule has 9 N–H and O–H groups in total. The summed E-state index contributed by atoms with van der Waals surface area (Å²) in [5.41, 5.74) is 12.6. The Morgan fingerprint density at radius 2 is 1.49 bits per heavy atom. The Labute approximate surface area is 313 Å². The van der Waals surface area contributed by atoms with Crippen molar-refractivity contribution in [1.82, 2.24) is 26.2 Å². The van der Waals surface area contributed by atoms with E-state index >= 15 is 0 Å². The van der Waals surface area contributed by atoms with Gasteiger partial charge in [0.15, 0.2) is 0 Å². The van der Waals surface area contributed by atoms with Crippen molar-refractivity contribution in [3.8, 4) is 0 Å². The summed E-state index contributed by atoms with van der Waals surface area (Å²) >= 11 is 0. The minimum atomic E-state index is -1.39. The van der Waals surface area contributed by atoms with E-state index in [-0.39, 0.29) is 56.1 Å². The van der Waals surface area contributed by atoms with Gasteiger partial charge in [-0.3, -0.25) is 24.0 Å². The number of nitrogens with two attached hydrogens (primary N) is 2. The fourth-order valence-corrected chi connectivity index (χ4v) is 7.29. The first-order chi connectivity index (χ1) is 25.5. The molecule has 1 heterocycles. The average molecular weight is 734 g/mol. The topological polar surface area (TPSA) is 209 Å². The number of carbonyl (C=O) groups is 5. The lowest BCUT2D eigenvalue weighted by Gasteiger charge is -2.38. The lowest BCUT2D eigenvalue weighted by molar-refractivity contribution is -0.148. The zero-order valence-electron chi connectivity index (χ0n) is 31.1. The minimum absolute atomic E-state index is 0.0274. The number of carboxylic acid groups (broad SMARTS) is 1.